The molecule has 4 heteroatoms. The molecule has 1 aromatic carbocycles. The van der Waals surface area contributed by atoms with Gasteiger partial charge < -0.3 is 9.84 Å². The number of unbranched alkanes of at least 4 members (excludes halogenated alkanes) is 1. The molecule has 17 heavy (non-hydrogen) atoms. The predicted octanol–water partition coefficient (Wildman–Crippen LogP) is 2.68. The summed E-state index contributed by atoms with van der Waals surface area (Å²) in [5.74, 6) is -1.72. The SMILES string of the molecule is COCCCCC(O)Cc1ccc(F)c(F)c1. The van der Waals surface area contributed by atoms with E-state index in [2.05, 4.69) is 0 Å². The lowest BCUT2D eigenvalue weighted by molar-refractivity contribution is 0.149. The molecule has 0 heterocycles. The van der Waals surface area contributed by atoms with Gasteiger partial charge in [-0.25, -0.2) is 8.78 Å². The highest BCUT2D eigenvalue weighted by Gasteiger charge is 2.08. The first-order valence-electron chi connectivity index (χ1n) is 5.74. The van der Waals surface area contributed by atoms with Crippen LogP contribution in [0.4, 0.5) is 8.78 Å². The number of halogens is 2. The molecule has 0 amide bonds. The van der Waals surface area contributed by atoms with Crippen LogP contribution in [-0.4, -0.2) is 24.9 Å². The molecule has 0 saturated carbocycles. The lowest BCUT2D eigenvalue weighted by Gasteiger charge is -2.10. The van der Waals surface area contributed by atoms with E-state index in [4.69, 9.17) is 4.74 Å². The van der Waals surface area contributed by atoms with Gasteiger partial charge in [-0.1, -0.05) is 6.07 Å². The summed E-state index contributed by atoms with van der Waals surface area (Å²) in [6.45, 7) is 0.678. The Hall–Kier alpha value is -1.00. The predicted molar refractivity (Wildman–Crippen MR) is 61.8 cm³/mol. The van der Waals surface area contributed by atoms with E-state index in [0.29, 0.717) is 25.0 Å². The van der Waals surface area contributed by atoms with E-state index < -0.39 is 17.7 Å². The summed E-state index contributed by atoms with van der Waals surface area (Å²) in [5, 5.41) is 9.71. The van der Waals surface area contributed by atoms with E-state index in [9.17, 15) is 13.9 Å². The van der Waals surface area contributed by atoms with Crippen molar-refractivity contribution in [3.8, 4) is 0 Å². The Labute approximate surface area is 100 Å². The maximum atomic E-state index is 12.9. The van der Waals surface area contributed by atoms with Gasteiger partial charge in [-0.2, -0.15) is 0 Å². The zero-order valence-corrected chi connectivity index (χ0v) is 9.96. The Morgan fingerprint density at radius 3 is 2.65 bits per heavy atom. The molecule has 0 spiro atoms. The quantitative estimate of drug-likeness (QED) is 0.747. The maximum Gasteiger partial charge on any atom is 0.159 e. The molecule has 0 aromatic heterocycles. The summed E-state index contributed by atoms with van der Waals surface area (Å²) in [4.78, 5) is 0. The fourth-order valence-electron chi connectivity index (χ4n) is 1.67. The fraction of sp³-hybridized carbons (Fsp3) is 0.538. The van der Waals surface area contributed by atoms with E-state index in [0.717, 1.165) is 25.0 Å². The zero-order valence-electron chi connectivity index (χ0n) is 9.96. The second kappa shape index (κ2) is 7.35. The average Bonchev–Trinajstić information content (AvgIpc) is 2.30. The normalized spacial score (nSPS) is 12.7. The van der Waals surface area contributed by atoms with Crippen molar-refractivity contribution < 1.29 is 18.6 Å². The molecule has 2 nitrogen and oxygen atoms in total. The molecular weight excluding hydrogens is 226 g/mol. The highest BCUT2D eigenvalue weighted by molar-refractivity contribution is 5.18. The Kier molecular flexibility index (Phi) is 6.08. The van der Waals surface area contributed by atoms with E-state index in [1.54, 1.807) is 7.11 Å². The standard InChI is InChI=1S/C13H18F2O2/c1-17-7-3-2-4-11(16)8-10-5-6-12(14)13(15)9-10/h5-6,9,11,16H,2-4,7-8H2,1H3. The minimum absolute atomic E-state index is 0.351. The summed E-state index contributed by atoms with van der Waals surface area (Å²) in [6, 6.07) is 3.72. The van der Waals surface area contributed by atoms with Gasteiger partial charge in [0.2, 0.25) is 0 Å². The van der Waals surface area contributed by atoms with E-state index in [1.807, 2.05) is 0 Å². The molecule has 1 unspecified atom stereocenters. The molecule has 1 rings (SSSR count). The van der Waals surface area contributed by atoms with Gasteiger partial charge in [0.15, 0.2) is 11.6 Å². The molecule has 0 aliphatic rings. The average molecular weight is 244 g/mol. The third-order valence-electron chi connectivity index (χ3n) is 2.59. The van der Waals surface area contributed by atoms with Crippen LogP contribution in [-0.2, 0) is 11.2 Å². The molecule has 0 bridgehead atoms. The molecule has 1 N–H and O–H groups in total. The van der Waals surface area contributed by atoms with Crippen molar-refractivity contribution in [1.82, 2.24) is 0 Å². The first kappa shape index (κ1) is 14.1. The Morgan fingerprint density at radius 1 is 1.24 bits per heavy atom. The zero-order chi connectivity index (χ0) is 12.7. The molecule has 1 atom stereocenters. The highest BCUT2D eigenvalue weighted by Crippen LogP contribution is 2.13. The summed E-state index contributed by atoms with van der Waals surface area (Å²) in [5.41, 5.74) is 0.614. The molecule has 0 saturated heterocycles. The first-order valence-corrected chi connectivity index (χ1v) is 5.74. The Morgan fingerprint density at radius 2 is 2.00 bits per heavy atom. The van der Waals surface area contributed by atoms with Crippen molar-refractivity contribution in [2.75, 3.05) is 13.7 Å². The fourth-order valence-corrected chi connectivity index (χ4v) is 1.67. The van der Waals surface area contributed by atoms with Crippen LogP contribution in [0.3, 0.4) is 0 Å². The first-order chi connectivity index (χ1) is 8.13. The van der Waals surface area contributed by atoms with Crippen molar-refractivity contribution in [2.24, 2.45) is 0 Å². The van der Waals surface area contributed by atoms with Gasteiger partial charge in [-0.15, -0.1) is 0 Å². The molecule has 0 radical (unpaired) electrons. The van der Waals surface area contributed by atoms with Crippen LogP contribution in [0.1, 0.15) is 24.8 Å². The Balaban J connectivity index is 2.34. The third kappa shape index (κ3) is 5.24. The van der Waals surface area contributed by atoms with Crippen molar-refractivity contribution in [3.63, 3.8) is 0 Å². The maximum absolute atomic E-state index is 12.9. The number of hydrogen-bond acceptors (Lipinski definition) is 2. The number of rotatable bonds is 7. The van der Waals surface area contributed by atoms with Crippen molar-refractivity contribution >= 4 is 0 Å². The molecule has 1 aromatic rings. The summed E-state index contributed by atoms with van der Waals surface area (Å²) < 4.78 is 30.5. The number of ether oxygens (including phenoxy) is 1. The van der Waals surface area contributed by atoms with Crippen molar-refractivity contribution in [1.29, 1.82) is 0 Å². The van der Waals surface area contributed by atoms with Gasteiger partial charge in [0.25, 0.3) is 0 Å². The largest absolute Gasteiger partial charge is 0.393 e. The van der Waals surface area contributed by atoms with Crippen LogP contribution >= 0.6 is 0 Å². The van der Waals surface area contributed by atoms with Crippen LogP contribution < -0.4 is 0 Å². The number of hydrogen-bond donors (Lipinski definition) is 1. The molecule has 0 fully saturated rings. The van der Waals surface area contributed by atoms with Gasteiger partial charge in [0.05, 0.1) is 6.10 Å². The smallest absolute Gasteiger partial charge is 0.159 e. The van der Waals surface area contributed by atoms with Crippen LogP contribution in [0.5, 0.6) is 0 Å². The van der Waals surface area contributed by atoms with Gasteiger partial charge in [-0.3, -0.25) is 0 Å². The second-order valence-electron chi connectivity index (χ2n) is 4.09. The van der Waals surface area contributed by atoms with Gasteiger partial charge in [0.1, 0.15) is 0 Å². The van der Waals surface area contributed by atoms with Crippen LogP contribution in [0, 0.1) is 11.6 Å². The molecular formula is C13H18F2O2. The minimum Gasteiger partial charge on any atom is -0.393 e. The number of methoxy groups -OCH3 is 1. The van der Waals surface area contributed by atoms with E-state index in [1.165, 1.54) is 6.07 Å². The minimum atomic E-state index is -0.867. The summed E-state index contributed by atoms with van der Waals surface area (Å²) in [6.07, 6.45) is 2.23. The van der Waals surface area contributed by atoms with Gasteiger partial charge >= 0.3 is 0 Å². The van der Waals surface area contributed by atoms with Crippen LogP contribution in [0.2, 0.25) is 0 Å². The number of aliphatic hydroxyl groups excluding tert-OH is 1. The van der Waals surface area contributed by atoms with Crippen molar-refractivity contribution in [3.05, 3.63) is 35.4 Å². The molecule has 0 aliphatic heterocycles. The monoisotopic (exact) mass is 244 g/mol. The lowest BCUT2D eigenvalue weighted by atomic mass is 10.0. The van der Waals surface area contributed by atoms with E-state index in [-0.39, 0.29) is 0 Å². The van der Waals surface area contributed by atoms with Crippen molar-refractivity contribution in [2.45, 2.75) is 31.8 Å². The Bertz CT molecular complexity index is 342. The molecule has 96 valence electrons. The van der Waals surface area contributed by atoms with E-state index >= 15 is 0 Å². The number of aliphatic hydroxyl groups is 1. The topological polar surface area (TPSA) is 29.5 Å². The van der Waals surface area contributed by atoms with Crippen LogP contribution in [0.25, 0.3) is 0 Å². The summed E-state index contributed by atoms with van der Waals surface area (Å²) in [7, 11) is 1.64. The summed E-state index contributed by atoms with van der Waals surface area (Å²) >= 11 is 0. The number of benzene rings is 1. The van der Waals surface area contributed by atoms with Crippen LogP contribution in [0.15, 0.2) is 18.2 Å². The third-order valence-corrected chi connectivity index (χ3v) is 2.59. The molecule has 0 aliphatic carbocycles. The highest BCUT2D eigenvalue weighted by atomic mass is 19.2. The van der Waals surface area contributed by atoms with Gasteiger partial charge in [-0.05, 0) is 43.4 Å². The lowest BCUT2D eigenvalue weighted by Crippen LogP contribution is -2.11. The second-order valence-corrected chi connectivity index (χ2v) is 4.09. The van der Waals surface area contributed by atoms with Gasteiger partial charge in [0, 0.05) is 13.7 Å².